The Bertz CT molecular complexity index is 1420. The monoisotopic (exact) mass is 504 g/mol. The van der Waals surface area contributed by atoms with E-state index in [0.29, 0.717) is 34.6 Å². The van der Waals surface area contributed by atoms with Gasteiger partial charge >= 0.3 is 0 Å². The maximum absolute atomic E-state index is 12.6. The fourth-order valence-electron chi connectivity index (χ4n) is 3.92. The minimum absolute atomic E-state index is 0.0367. The molecule has 1 amide bonds. The number of carbonyl (C=O) groups excluding carboxylic acids is 1. The van der Waals surface area contributed by atoms with E-state index in [1.807, 2.05) is 55.5 Å². The van der Waals surface area contributed by atoms with Crippen molar-refractivity contribution in [2.45, 2.75) is 45.3 Å². The Morgan fingerprint density at radius 2 is 1.92 bits per heavy atom. The summed E-state index contributed by atoms with van der Waals surface area (Å²) < 4.78 is 1.77. The molecule has 0 radical (unpaired) electrons. The molecule has 1 fully saturated rings. The van der Waals surface area contributed by atoms with Crippen LogP contribution in [0.5, 0.6) is 0 Å². The number of benzene rings is 2. The predicted octanol–water partition coefficient (Wildman–Crippen LogP) is 5.18. The van der Waals surface area contributed by atoms with E-state index in [9.17, 15) is 9.90 Å². The number of hydrogen-bond donors (Lipinski definition) is 4. The van der Waals surface area contributed by atoms with E-state index >= 15 is 0 Å². The summed E-state index contributed by atoms with van der Waals surface area (Å²) in [6.07, 6.45) is 3.86. The summed E-state index contributed by atoms with van der Waals surface area (Å²) in [5.74, 6) is 0.560. The van der Waals surface area contributed by atoms with Gasteiger partial charge in [0.15, 0.2) is 11.5 Å². The fourth-order valence-corrected chi connectivity index (χ4v) is 4.04. The molecule has 36 heavy (non-hydrogen) atoms. The summed E-state index contributed by atoms with van der Waals surface area (Å²) in [4.78, 5) is 17.2. The Balaban J connectivity index is 1.53. The molecular weight excluding hydrogens is 476 g/mol. The van der Waals surface area contributed by atoms with Crippen LogP contribution >= 0.6 is 11.6 Å². The van der Waals surface area contributed by atoms with Crippen molar-refractivity contribution in [2.75, 3.05) is 17.2 Å². The topological polar surface area (TPSA) is 104 Å². The predicted molar refractivity (Wildman–Crippen MR) is 143 cm³/mol. The van der Waals surface area contributed by atoms with E-state index in [2.05, 4.69) is 20.9 Å². The smallest absolute Gasteiger partial charge is 0.251 e. The molecule has 0 atom stereocenters. The Morgan fingerprint density at radius 1 is 1.17 bits per heavy atom. The number of imidazole rings is 1. The summed E-state index contributed by atoms with van der Waals surface area (Å²) >= 11 is 6.03. The summed E-state index contributed by atoms with van der Waals surface area (Å²) in [6, 6.07) is 15.3. The minimum atomic E-state index is -0.909. The lowest BCUT2D eigenvalue weighted by Crippen LogP contribution is -2.29. The van der Waals surface area contributed by atoms with Crippen LogP contribution in [0, 0.1) is 6.92 Å². The van der Waals surface area contributed by atoms with Crippen LogP contribution in [0.1, 0.15) is 42.6 Å². The number of hydrogen-bond acceptors (Lipinski definition) is 6. The van der Waals surface area contributed by atoms with Gasteiger partial charge in [0.2, 0.25) is 0 Å². The molecule has 186 valence electrons. The lowest BCUT2D eigenvalue weighted by molar-refractivity contribution is 0.0940. The number of rotatable bonds is 8. The maximum Gasteiger partial charge on any atom is 0.251 e. The van der Waals surface area contributed by atoms with E-state index in [1.165, 1.54) is 0 Å². The number of nitrogens with zero attached hydrogens (tertiary/aromatic N) is 3. The van der Waals surface area contributed by atoms with E-state index in [1.54, 1.807) is 24.6 Å². The molecule has 2 aromatic heterocycles. The maximum atomic E-state index is 12.6. The number of aliphatic hydroxyl groups is 1. The number of anilines is 3. The summed E-state index contributed by atoms with van der Waals surface area (Å²) in [6.45, 7) is 5.75. The second-order valence-corrected chi connectivity index (χ2v) is 10.3. The molecule has 0 bridgehead atoms. The van der Waals surface area contributed by atoms with Crippen LogP contribution in [-0.4, -0.2) is 43.8 Å². The lowest BCUT2D eigenvalue weighted by atomic mass is 10.0. The summed E-state index contributed by atoms with van der Waals surface area (Å²) in [7, 11) is 0. The van der Waals surface area contributed by atoms with Crippen molar-refractivity contribution in [3.63, 3.8) is 0 Å². The first-order chi connectivity index (χ1) is 17.2. The van der Waals surface area contributed by atoms with Crippen molar-refractivity contribution >= 4 is 40.3 Å². The molecule has 8 nitrogen and oxygen atoms in total. The lowest BCUT2D eigenvalue weighted by Gasteiger charge is -2.19. The van der Waals surface area contributed by atoms with Gasteiger partial charge in [-0.1, -0.05) is 17.7 Å². The van der Waals surface area contributed by atoms with Crippen molar-refractivity contribution in [3.8, 4) is 11.3 Å². The van der Waals surface area contributed by atoms with E-state index in [-0.39, 0.29) is 5.91 Å². The number of halogens is 1. The number of carbonyl (C=O) groups is 1. The highest BCUT2D eigenvalue weighted by atomic mass is 35.5. The SMILES string of the molecule is Cc1cc(-c2cnc3c(NCC(C)(C)O)cc(Nc4ccc(Cl)cc4)nn23)ccc1C(=O)NC1CC1. The molecule has 0 unspecified atom stereocenters. The van der Waals surface area contributed by atoms with Gasteiger partial charge in [-0.05, 0) is 75.6 Å². The molecule has 1 aliphatic rings. The van der Waals surface area contributed by atoms with Crippen molar-refractivity contribution in [3.05, 3.63) is 70.9 Å². The standard InChI is InChI=1S/C27H29ClN6O2/c1-16-12-17(4-11-21(16)26(35)32-20-9-10-20)23-14-29-25-22(30-15-27(2,3)36)13-24(33-34(23)25)31-19-7-5-18(28)6-8-19/h4-8,11-14,20,30,36H,9-10,15H2,1-3H3,(H,31,33)(H,32,35). The van der Waals surface area contributed by atoms with Gasteiger partial charge < -0.3 is 21.1 Å². The van der Waals surface area contributed by atoms with E-state index in [4.69, 9.17) is 16.7 Å². The van der Waals surface area contributed by atoms with Crippen LogP contribution in [0.4, 0.5) is 17.2 Å². The van der Waals surface area contributed by atoms with Crippen molar-refractivity contribution in [2.24, 2.45) is 0 Å². The molecule has 1 saturated carbocycles. The Labute approximate surface area is 214 Å². The van der Waals surface area contributed by atoms with Gasteiger partial charge in [0, 0.05) is 40.5 Å². The highest BCUT2D eigenvalue weighted by Gasteiger charge is 2.24. The fraction of sp³-hybridized carbons (Fsp3) is 0.296. The molecule has 0 spiro atoms. The molecule has 0 aliphatic heterocycles. The number of nitrogens with one attached hydrogen (secondary N) is 3. The molecule has 9 heteroatoms. The second kappa shape index (κ2) is 9.44. The number of aromatic nitrogens is 3. The highest BCUT2D eigenvalue weighted by molar-refractivity contribution is 6.30. The quantitative estimate of drug-likeness (QED) is 0.264. The zero-order valence-corrected chi connectivity index (χ0v) is 21.2. The van der Waals surface area contributed by atoms with Gasteiger partial charge in [0.1, 0.15) is 0 Å². The Morgan fingerprint density at radius 3 is 2.58 bits per heavy atom. The Kier molecular flexibility index (Phi) is 6.32. The third-order valence-electron chi connectivity index (χ3n) is 5.98. The highest BCUT2D eigenvalue weighted by Crippen LogP contribution is 2.29. The van der Waals surface area contributed by atoms with Crippen LogP contribution in [0.25, 0.3) is 16.9 Å². The first-order valence-corrected chi connectivity index (χ1v) is 12.3. The van der Waals surface area contributed by atoms with Gasteiger partial charge in [-0.25, -0.2) is 9.50 Å². The molecule has 1 aliphatic carbocycles. The van der Waals surface area contributed by atoms with Crippen molar-refractivity contribution < 1.29 is 9.90 Å². The first-order valence-electron chi connectivity index (χ1n) is 12.0. The van der Waals surface area contributed by atoms with Gasteiger partial charge in [-0.15, -0.1) is 5.10 Å². The summed E-state index contributed by atoms with van der Waals surface area (Å²) in [5.41, 5.74) is 4.52. The third kappa shape index (κ3) is 5.45. The van der Waals surface area contributed by atoms with Gasteiger partial charge in [-0.3, -0.25) is 4.79 Å². The van der Waals surface area contributed by atoms with E-state index < -0.39 is 5.60 Å². The van der Waals surface area contributed by atoms with E-state index in [0.717, 1.165) is 41.0 Å². The minimum Gasteiger partial charge on any atom is -0.389 e. The van der Waals surface area contributed by atoms with Crippen LogP contribution in [0.3, 0.4) is 0 Å². The molecule has 2 heterocycles. The van der Waals surface area contributed by atoms with Gasteiger partial charge in [0.25, 0.3) is 5.91 Å². The molecule has 4 aromatic rings. The second-order valence-electron chi connectivity index (χ2n) is 9.90. The first kappa shape index (κ1) is 24.1. The van der Waals surface area contributed by atoms with Crippen molar-refractivity contribution in [1.82, 2.24) is 19.9 Å². The number of fused-ring (bicyclic) bond motifs is 1. The van der Waals surface area contributed by atoms with Crippen molar-refractivity contribution in [1.29, 1.82) is 0 Å². The van der Waals surface area contributed by atoms with Gasteiger partial charge in [-0.2, -0.15) is 0 Å². The van der Waals surface area contributed by atoms with Crippen LogP contribution < -0.4 is 16.0 Å². The average Bonchev–Trinajstić information content (AvgIpc) is 3.53. The van der Waals surface area contributed by atoms with Gasteiger partial charge in [0.05, 0.1) is 23.2 Å². The molecular formula is C27H29ClN6O2. The molecule has 5 rings (SSSR count). The van der Waals surface area contributed by atoms with Crippen LogP contribution in [0.15, 0.2) is 54.7 Å². The zero-order chi connectivity index (χ0) is 25.4. The normalized spacial score (nSPS) is 13.6. The molecule has 0 saturated heterocycles. The molecule has 4 N–H and O–H groups in total. The van der Waals surface area contributed by atoms with Crippen LogP contribution in [-0.2, 0) is 0 Å². The number of aryl methyl sites for hydroxylation is 1. The number of amides is 1. The summed E-state index contributed by atoms with van der Waals surface area (Å²) in [5, 5.41) is 25.4. The zero-order valence-electron chi connectivity index (χ0n) is 20.5. The Hall–Kier alpha value is -3.62. The molecule has 2 aromatic carbocycles. The third-order valence-corrected chi connectivity index (χ3v) is 6.23. The largest absolute Gasteiger partial charge is 0.389 e. The van der Waals surface area contributed by atoms with Crippen LogP contribution in [0.2, 0.25) is 5.02 Å². The average molecular weight is 505 g/mol.